The maximum absolute atomic E-state index is 12.6. The molecule has 0 saturated carbocycles. The minimum atomic E-state index is -2.29. The van der Waals surface area contributed by atoms with Crippen LogP contribution in [0.25, 0.3) is 0 Å². The van der Waals surface area contributed by atoms with Crippen molar-refractivity contribution in [2.45, 2.75) is 146 Å². The molecule has 42 heavy (non-hydrogen) atoms. The third-order valence-corrected chi connectivity index (χ3v) is 7.60. The predicted octanol–water partition coefficient (Wildman–Crippen LogP) is 0.673. The summed E-state index contributed by atoms with van der Waals surface area (Å²) in [5.74, 6) is -3.77. The van der Waals surface area contributed by atoms with Crippen LogP contribution < -0.4 is 0 Å². The van der Waals surface area contributed by atoms with Crippen LogP contribution in [0.2, 0.25) is 0 Å². The maximum Gasteiger partial charge on any atom is 0.306 e. The Morgan fingerprint density at radius 2 is 1.38 bits per heavy atom. The van der Waals surface area contributed by atoms with Crippen LogP contribution in [0.5, 0.6) is 0 Å². The van der Waals surface area contributed by atoms with Crippen LogP contribution in [-0.4, -0.2) is 117 Å². The van der Waals surface area contributed by atoms with Gasteiger partial charge in [0.15, 0.2) is 18.5 Å². The SMILES string of the molecule is CCCCCCCCCCCC(=O)O[C@@H]1[C@@H](O)[C@@H](O[C@]2(CO)O[C@H](CO)[C@@H](O)[C@@H]2OC(=O)CC(C)C)O[C@H](CO)[C@H]1O. The van der Waals surface area contributed by atoms with Crippen LogP contribution in [0.4, 0.5) is 0 Å². The van der Waals surface area contributed by atoms with Crippen molar-refractivity contribution in [3.63, 3.8) is 0 Å². The second kappa shape index (κ2) is 18.4. The third kappa shape index (κ3) is 10.3. The Balaban J connectivity index is 2.05. The summed E-state index contributed by atoms with van der Waals surface area (Å²) in [4.78, 5) is 25.0. The molecule has 13 heteroatoms. The van der Waals surface area contributed by atoms with Gasteiger partial charge in [0.2, 0.25) is 5.79 Å². The predicted molar refractivity (Wildman–Crippen MR) is 148 cm³/mol. The van der Waals surface area contributed by atoms with E-state index in [1.54, 1.807) is 13.8 Å². The molecule has 0 bridgehead atoms. The zero-order chi connectivity index (χ0) is 31.3. The highest BCUT2D eigenvalue weighted by molar-refractivity contribution is 5.70. The monoisotopic (exact) mass is 608 g/mol. The van der Waals surface area contributed by atoms with E-state index in [2.05, 4.69) is 6.92 Å². The van der Waals surface area contributed by atoms with E-state index in [1.807, 2.05) is 0 Å². The second-order valence-corrected chi connectivity index (χ2v) is 11.7. The molecular formula is C29H52O13. The summed E-state index contributed by atoms with van der Waals surface area (Å²) in [5, 5.41) is 62.1. The molecule has 2 heterocycles. The maximum atomic E-state index is 12.6. The van der Waals surface area contributed by atoms with Crippen LogP contribution in [0.1, 0.15) is 91.4 Å². The molecule has 2 saturated heterocycles. The van der Waals surface area contributed by atoms with Crippen molar-refractivity contribution in [1.29, 1.82) is 0 Å². The van der Waals surface area contributed by atoms with Crippen LogP contribution in [-0.2, 0) is 33.3 Å². The Bertz CT molecular complexity index is 795. The van der Waals surface area contributed by atoms with E-state index in [1.165, 1.54) is 25.7 Å². The van der Waals surface area contributed by atoms with Gasteiger partial charge in [-0.05, 0) is 12.3 Å². The zero-order valence-corrected chi connectivity index (χ0v) is 25.1. The lowest BCUT2D eigenvalue weighted by Gasteiger charge is -2.44. The smallest absolute Gasteiger partial charge is 0.306 e. The van der Waals surface area contributed by atoms with Crippen molar-refractivity contribution in [2.75, 3.05) is 19.8 Å². The molecule has 9 atom stereocenters. The first-order valence-electron chi connectivity index (χ1n) is 15.3. The quantitative estimate of drug-likeness (QED) is 0.0883. The van der Waals surface area contributed by atoms with Crippen molar-refractivity contribution >= 4 is 11.9 Å². The van der Waals surface area contributed by atoms with Gasteiger partial charge in [-0.3, -0.25) is 9.59 Å². The molecule has 0 unspecified atom stereocenters. The summed E-state index contributed by atoms with van der Waals surface area (Å²) in [6, 6.07) is 0. The van der Waals surface area contributed by atoms with Gasteiger partial charge in [-0.2, -0.15) is 0 Å². The number of hydrogen-bond donors (Lipinski definition) is 6. The van der Waals surface area contributed by atoms with E-state index in [9.17, 15) is 40.2 Å². The topological polar surface area (TPSA) is 202 Å². The number of ether oxygens (including phenoxy) is 5. The van der Waals surface area contributed by atoms with Crippen LogP contribution in [0, 0.1) is 5.92 Å². The molecule has 246 valence electrons. The van der Waals surface area contributed by atoms with E-state index in [0.29, 0.717) is 6.42 Å². The lowest BCUT2D eigenvalue weighted by atomic mass is 9.98. The number of aliphatic hydroxyl groups excluding tert-OH is 6. The third-order valence-electron chi connectivity index (χ3n) is 7.60. The Morgan fingerprint density at radius 3 is 1.93 bits per heavy atom. The summed E-state index contributed by atoms with van der Waals surface area (Å²) < 4.78 is 27.6. The van der Waals surface area contributed by atoms with Gasteiger partial charge < -0.3 is 54.3 Å². The van der Waals surface area contributed by atoms with Crippen molar-refractivity contribution < 1.29 is 63.9 Å². The van der Waals surface area contributed by atoms with E-state index in [-0.39, 0.29) is 18.8 Å². The second-order valence-electron chi connectivity index (χ2n) is 11.7. The van der Waals surface area contributed by atoms with Gasteiger partial charge in [-0.15, -0.1) is 0 Å². The standard InChI is InChI=1S/C29H52O13/c1-4-5-6-7-8-9-10-11-12-13-21(33)39-26-23(35)19(15-30)38-28(25(26)37)42-29(17-32)27(24(36)20(16-31)41-29)40-22(34)14-18(2)3/h18-20,23-28,30-32,35-37H,4-17H2,1-3H3/t19-,20-,23-,24-,25-,26+,27+,28-,29+/m1/s1. The Labute approximate surface area is 248 Å². The first-order chi connectivity index (χ1) is 20.0. The fraction of sp³-hybridized carbons (Fsp3) is 0.931. The van der Waals surface area contributed by atoms with Crippen molar-refractivity contribution in [3.05, 3.63) is 0 Å². The first kappa shape index (κ1) is 36.8. The van der Waals surface area contributed by atoms with Crippen LogP contribution in [0.15, 0.2) is 0 Å². The summed E-state index contributed by atoms with van der Waals surface area (Å²) in [6.45, 7) is 3.28. The summed E-state index contributed by atoms with van der Waals surface area (Å²) in [7, 11) is 0. The molecule has 2 aliphatic heterocycles. The molecule has 0 spiro atoms. The zero-order valence-electron chi connectivity index (χ0n) is 25.1. The van der Waals surface area contributed by atoms with Crippen molar-refractivity contribution in [3.8, 4) is 0 Å². The largest absolute Gasteiger partial charge is 0.456 e. The first-order valence-corrected chi connectivity index (χ1v) is 15.3. The highest BCUT2D eigenvalue weighted by atomic mass is 16.8. The summed E-state index contributed by atoms with van der Waals surface area (Å²) in [6.07, 6.45) is -3.15. The number of carbonyl (C=O) groups is 2. The number of unbranched alkanes of at least 4 members (excludes halogenated alkanes) is 8. The number of rotatable bonds is 19. The van der Waals surface area contributed by atoms with E-state index in [0.717, 1.165) is 25.7 Å². The van der Waals surface area contributed by atoms with Gasteiger partial charge in [-0.1, -0.05) is 72.1 Å². The van der Waals surface area contributed by atoms with Gasteiger partial charge in [0.05, 0.1) is 13.2 Å². The van der Waals surface area contributed by atoms with Gasteiger partial charge in [0.25, 0.3) is 0 Å². The average Bonchev–Trinajstić information content (AvgIpc) is 3.21. The minimum absolute atomic E-state index is 0.0210. The molecule has 0 aromatic carbocycles. The van der Waals surface area contributed by atoms with Crippen molar-refractivity contribution in [1.82, 2.24) is 0 Å². The lowest BCUT2D eigenvalue weighted by molar-refractivity contribution is -0.384. The summed E-state index contributed by atoms with van der Waals surface area (Å²) >= 11 is 0. The Morgan fingerprint density at radius 1 is 0.786 bits per heavy atom. The number of aliphatic hydroxyl groups is 6. The Hall–Kier alpha value is -1.42. The average molecular weight is 609 g/mol. The molecule has 0 radical (unpaired) electrons. The van der Waals surface area contributed by atoms with Crippen molar-refractivity contribution in [2.24, 2.45) is 5.92 Å². The van der Waals surface area contributed by atoms with E-state index < -0.39 is 86.6 Å². The van der Waals surface area contributed by atoms with E-state index >= 15 is 0 Å². The number of carbonyl (C=O) groups excluding carboxylic acids is 2. The molecule has 2 rings (SSSR count). The van der Waals surface area contributed by atoms with Crippen LogP contribution in [0.3, 0.4) is 0 Å². The molecule has 2 fully saturated rings. The lowest BCUT2D eigenvalue weighted by Crippen LogP contribution is -2.64. The molecule has 6 N–H and O–H groups in total. The van der Waals surface area contributed by atoms with Gasteiger partial charge in [0, 0.05) is 12.8 Å². The molecule has 0 aromatic rings. The molecule has 0 aliphatic carbocycles. The van der Waals surface area contributed by atoms with E-state index in [4.69, 9.17) is 23.7 Å². The fourth-order valence-corrected chi connectivity index (χ4v) is 5.21. The highest BCUT2D eigenvalue weighted by Gasteiger charge is 2.61. The van der Waals surface area contributed by atoms with Crippen LogP contribution >= 0.6 is 0 Å². The fourth-order valence-electron chi connectivity index (χ4n) is 5.21. The molecule has 13 nitrogen and oxygen atoms in total. The molecule has 0 aromatic heterocycles. The summed E-state index contributed by atoms with van der Waals surface area (Å²) in [5.41, 5.74) is 0. The van der Waals surface area contributed by atoms with Gasteiger partial charge in [-0.25, -0.2) is 0 Å². The number of hydrogen-bond acceptors (Lipinski definition) is 13. The molecule has 0 amide bonds. The Kier molecular flexibility index (Phi) is 16.1. The minimum Gasteiger partial charge on any atom is -0.456 e. The number of esters is 2. The highest BCUT2D eigenvalue weighted by Crippen LogP contribution is 2.38. The molecular weight excluding hydrogens is 556 g/mol. The van der Waals surface area contributed by atoms with Gasteiger partial charge in [0.1, 0.15) is 37.1 Å². The molecule has 2 aliphatic rings. The van der Waals surface area contributed by atoms with Gasteiger partial charge >= 0.3 is 11.9 Å². The normalized spacial score (nSPS) is 33.2.